The molecule has 2 rings (SSSR count). The zero-order valence-corrected chi connectivity index (χ0v) is 10.8. The second kappa shape index (κ2) is 6.14. The molecular weight excluding hydrogens is 244 g/mol. The van der Waals surface area contributed by atoms with Crippen molar-refractivity contribution in [3.05, 3.63) is 35.9 Å². The molecule has 1 heterocycles. The molecule has 1 atom stereocenters. The van der Waals surface area contributed by atoms with Crippen LogP contribution in [0.2, 0.25) is 0 Å². The summed E-state index contributed by atoms with van der Waals surface area (Å²) in [5.74, 6) is -0.262. The Bertz CT molecular complexity index is 416. The van der Waals surface area contributed by atoms with Crippen molar-refractivity contribution in [2.75, 3.05) is 19.8 Å². The predicted molar refractivity (Wildman–Crippen MR) is 71.4 cm³/mol. The average Bonchev–Trinajstić information content (AvgIpc) is 2.48. The van der Waals surface area contributed by atoms with E-state index in [-0.39, 0.29) is 12.5 Å². The van der Waals surface area contributed by atoms with Crippen molar-refractivity contribution in [2.24, 2.45) is 5.73 Å². The highest BCUT2D eigenvalue weighted by atomic mass is 16.5. The van der Waals surface area contributed by atoms with E-state index in [1.165, 1.54) is 0 Å². The molecule has 4 N–H and O–H groups in total. The van der Waals surface area contributed by atoms with Crippen molar-refractivity contribution >= 4 is 5.91 Å². The van der Waals surface area contributed by atoms with Crippen LogP contribution in [0.3, 0.4) is 0 Å². The van der Waals surface area contributed by atoms with E-state index < -0.39 is 11.6 Å². The number of amides is 1. The maximum absolute atomic E-state index is 12.2. The molecule has 0 radical (unpaired) electrons. The van der Waals surface area contributed by atoms with Crippen LogP contribution in [-0.2, 0) is 9.53 Å². The molecule has 104 valence electrons. The highest BCUT2D eigenvalue weighted by molar-refractivity contribution is 5.83. The summed E-state index contributed by atoms with van der Waals surface area (Å²) in [4.78, 5) is 12.2. The second-order valence-corrected chi connectivity index (χ2v) is 4.93. The van der Waals surface area contributed by atoms with Gasteiger partial charge in [0.1, 0.15) is 6.04 Å². The monoisotopic (exact) mass is 264 g/mol. The highest BCUT2D eigenvalue weighted by Gasteiger charge is 2.34. The number of aliphatic hydroxyl groups is 1. The van der Waals surface area contributed by atoms with Gasteiger partial charge >= 0.3 is 0 Å². The molecule has 0 bridgehead atoms. The van der Waals surface area contributed by atoms with Gasteiger partial charge in [0.05, 0.1) is 12.1 Å². The van der Waals surface area contributed by atoms with Crippen LogP contribution < -0.4 is 11.1 Å². The highest BCUT2D eigenvalue weighted by Crippen LogP contribution is 2.21. The Balaban J connectivity index is 2.03. The van der Waals surface area contributed by atoms with E-state index in [9.17, 15) is 9.90 Å². The largest absolute Gasteiger partial charge is 0.394 e. The van der Waals surface area contributed by atoms with Crippen LogP contribution in [0.25, 0.3) is 0 Å². The number of carbonyl (C=O) groups is 1. The van der Waals surface area contributed by atoms with Crippen LogP contribution in [-0.4, -0.2) is 36.4 Å². The molecule has 0 aromatic heterocycles. The van der Waals surface area contributed by atoms with Gasteiger partial charge < -0.3 is 20.9 Å². The molecule has 1 aromatic carbocycles. The van der Waals surface area contributed by atoms with Crippen molar-refractivity contribution in [1.29, 1.82) is 0 Å². The van der Waals surface area contributed by atoms with Crippen LogP contribution in [0.1, 0.15) is 24.4 Å². The van der Waals surface area contributed by atoms with Crippen molar-refractivity contribution in [1.82, 2.24) is 5.32 Å². The van der Waals surface area contributed by atoms with Crippen molar-refractivity contribution < 1.29 is 14.6 Å². The Morgan fingerprint density at radius 3 is 2.58 bits per heavy atom. The van der Waals surface area contributed by atoms with Crippen LogP contribution >= 0.6 is 0 Å². The van der Waals surface area contributed by atoms with E-state index in [2.05, 4.69) is 5.32 Å². The summed E-state index contributed by atoms with van der Waals surface area (Å²) < 4.78 is 5.26. The molecule has 0 aliphatic carbocycles. The van der Waals surface area contributed by atoms with Gasteiger partial charge in [0.2, 0.25) is 5.91 Å². The van der Waals surface area contributed by atoms with Crippen molar-refractivity contribution in [2.45, 2.75) is 24.4 Å². The quantitative estimate of drug-likeness (QED) is 0.732. The molecule has 1 fully saturated rings. The molecule has 1 aromatic rings. The van der Waals surface area contributed by atoms with E-state index in [0.717, 1.165) is 5.56 Å². The van der Waals surface area contributed by atoms with Gasteiger partial charge in [-0.3, -0.25) is 4.79 Å². The normalized spacial score (nSPS) is 19.7. The van der Waals surface area contributed by atoms with Gasteiger partial charge in [0.15, 0.2) is 0 Å². The summed E-state index contributed by atoms with van der Waals surface area (Å²) in [6.45, 7) is 0.992. The second-order valence-electron chi connectivity index (χ2n) is 4.93. The molecule has 1 saturated heterocycles. The molecule has 1 amide bonds. The maximum atomic E-state index is 12.2. The number of benzene rings is 1. The molecule has 5 nitrogen and oxygen atoms in total. The third-order valence-corrected chi connectivity index (χ3v) is 3.58. The summed E-state index contributed by atoms with van der Waals surface area (Å²) >= 11 is 0. The van der Waals surface area contributed by atoms with Gasteiger partial charge in [0.25, 0.3) is 0 Å². The number of nitrogens with two attached hydrogens (primary N) is 1. The van der Waals surface area contributed by atoms with E-state index >= 15 is 0 Å². The first-order valence-electron chi connectivity index (χ1n) is 6.48. The summed E-state index contributed by atoms with van der Waals surface area (Å²) in [5.41, 5.74) is 6.11. The third-order valence-electron chi connectivity index (χ3n) is 3.58. The molecule has 0 saturated carbocycles. The van der Waals surface area contributed by atoms with E-state index in [0.29, 0.717) is 26.1 Å². The lowest BCUT2D eigenvalue weighted by Crippen LogP contribution is -2.56. The Morgan fingerprint density at radius 2 is 2.00 bits per heavy atom. The fraction of sp³-hybridized carbons (Fsp3) is 0.500. The van der Waals surface area contributed by atoms with Crippen LogP contribution in [0.15, 0.2) is 30.3 Å². The Kier molecular flexibility index (Phi) is 4.52. The van der Waals surface area contributed by atoms with E-state index in [1.807, 2.05) is 30.3 Å². The van der Waals surface area contributed by atoms with Crippen molar-refractivity contribution in [3.63, 3.8) is 0 Å². The first-order valence-corrected chi connectivity index (χ1v) is 6.48. The molecular formula is C14H20N2O3. The number of nitrogens with one attached hydrogen (secondary N) is 1. The van der Waals surface area contributed by atoms with E-state index in [4.69, 9.17) is 10.5 Å². The molecule has 1 aliphatic rings. The zero-order chi connectivity index (χ0) is 13.7. The molecule has 1 unspecified atom stereocenters. The lowest BCUT2D eigenvalue weighted by Gasteiger charge is -2.37. The molecule has 5 heteroatoms. The lowest BCUT2D eigenvalue weighted by atomic mass is 9.90. The minimum absolute atomic E-state index is 0.0936. The number of ether oxygens (including phenoxy) is 1. The van der Waals surface area contributed by atoms with Gasteiger partial charge in [-0.2, -0.15) is 0 Å². The number of rotatable bonds is 4. The summed E-state index contributed by atoms with van der Waals surface area (Å²) in [6, 6.07) is 8.49. The number of carbonyl (C=O) groups excluding carboxylic acids is 1. The maximum Gasteiger partial charge on any atom is 0.242 e. The molecule has 0 spiro atoms. The topological polar surface area (TPSA) is 84.6 Å². The lowest BCUT2D eigenvalue weighted by molar-refractivity contribution is -0.126. The number of hydrogen-bond donors (Lipinski definition) is 3. The SMILES string of the molecule is NC(C(=O)NC1(CO)CCOCC1)c1ccccc1. The van der Waals surface area contributed by atoms with Crippen LogP contribution in [0.5, 0.6) is 0 Å². The fourth-order valence-electron chi connectivity index (χ4n) is 2.24. The minimum atomic E-state index is -0.715. The summed E-state index contributed by atoms with van der Waals surface area (Å²) in [7, 11) is 0. The number of aliphatic hydroxyl groups excluding tert-OH is 1. The summed E-state index contributed by atoms with van der Waals surface area (Å²) in [5, 5.41) is 12.4. The first-order chi connectivity index (χ1) is 9.17. The Labute approximate surface area is 112 Å². The number of hydrogen-bond acceptors (Lipinski definition) is 4. The van der Waals surface area contributed by atoms with Gasteiger partial charge in [-0.25, -0.2) is 0 Å². The minimum Gasteiger partial charge on any atom is -0.394 e. The van der Waals surface area contributed by atoms with Gasteiger partial charge in [-0.15, -0.1) is 0 Å². The average molecular weight is 264 g/mol. The smallest absolute Gasteiger partial charge is 0.242 e. The zero-order valence-electron chi connectivity index (χ0n) is 10.8. The van der Waals surface area contributed by atoms with Crippen LogP contribution in [0.4, 0.5) is 0 Å². The predicted octanol–water partition coefficient (Wildman–Crippen LogP) is 0.344. The van der Waals surface area contributed by atoms with Crippen molar-refractivity contribution in [3.8, 4) is 0 Å². The Morgan fingerprint density at radius 1 is 1.37 bits per heavy atom. The molecule has 19 heavy (non-hydrogen) atoms. The van der Waals surface area contributed by atoms with Crippen LogP contribution in [0, 0.1) is 0 Å². The summed E-state index contributed by atoms with van der Waals surface area (Å²) in [6.07, 6.45) is 1.22. The fourth-order valence-corrected chi connectivity index (χ4v) is 2.24. The van der Waals surface area contributed by atoms with Gasteiger partial charge in [-0.05, 0) is 18.4 Å². The standard InChI is InChI=1S/C14H20N2O3/c15-12(11-4-2-1-3-5-11)13(18)16-14(10-17)6-8-19-9-7-14/h1-5,12,17H,6-10,15H2,(H,16,18). The van der Waals surface area contributed by atoms with Gasteiger partial charge in [0, 0.05) is 13.2 Å². The van der Waals surface area contributed by atoms with E-state index in [1.54, 1.807) is 0 Å². The Hall–Kier alpha value is -1.43. The van der Waals surface area contributed by atoms with Gasteiger partial charge in [-0.1, -0.05) is 30.3 Å². The third kappa shape index (κ3) is 3.32. The first kappa shape index (κ1) is 14.0. The molecule has 1 aliphatic heterocycles.